The smallest absolute Gasteiger partial charge is 0.226 e. The third-order valence-corrected chi connectivity index (χ3v) is 3.54. The second-order valence-electron chi connectivity index (χ2n) is 5.78. The van der Waals surface area contributed by atoms with Crippen LogP contribution >= 0.6 is 0 Å². The molecule has 17 heavy (non-hydrogen) atoms. The standard InChI is InChI=1S/C14H28N2O/c1-11(2)10-16(13-7-5-6-8-13)14(17)12(3)9-15-4/h11-13,15H,5-10H2,1-4H3. The fourth-order valence-electron chi connectivity index (χ4n) is 2.70. The van der Waals surface area contributed by atoms with E-state index >= 15 is 0 Å². The van der Waals surface area contributed by atoms with Gasteiger partial charge in [-0.2, -0.15) is 0 Å². The minimum Gasteiger partial charge on any atom is -0.339 e. The Morgan fingerprint density at radius 2 is 1.88 bits per heavy atom. The Balaban J connectivity index is 2.63. The first-order chi connectivity index (χ1) is 8.06. The summed E-state index contributed by atoms with van der Waals surface area (Å²) in [5.41, 5.74) is 0. The zero-order valence-corrected chi connectivity index (χ0v) is 11.8. The average Bonchev–Trinajstić information content (AvgIpc) is 2.78. The molecule has 0 aromatic rings. The van der Waals surface area contributed by atoms with Crippen LogP contribution in [-0.4, -0.2) is 37.0 Å². The molecule has 1 N–H and O–H groups in total. The van der Waals surface area contributed by atoms with Crippen LogP contribution in [0.4, 0.5) is 0 Å². The molecule has 3 nitrogen and oxygen atoms in total. The van der Waals surface area contributed by atoms with Gasteiger partial charge < -0.3 is 10.2 Å². The van der Waals surface area contributed by atoms with Gasteiger partial charge in [0.05, 0.1) is 0 Å². The van der Waals surface area contributed by atoms with Crippen LogP contribution in [0.15, 0.2) is 0 Å². The van der Waals surface area contributed by atoms with Crippen LogP contribution in [0.2, 0.25) is 0 Å². The van der Waals surface area contributed by atoms with E-state index in [0.717, 1.165) is 13.1 Å². The van der Waals surface area contributed by atoms with Crippen molar-refractivity contribution in [2.45, 2.75) is 52.5 Å². The molecule has 1 amide bonds. The van der Waals surface area contributed by atoms with E-state index in [1.54, 1.807) is 0 Å². The van der Waals surface area contributed by atoms with Gasteiger partial charge in [0, 0.05) is 25.0 Å². The maximum Gasteiger partial charge on any atom is 0.226 e. The molecule has 0 saturated heterocycles. The number of nitrogens with one attached hydrogen (secondary N) is 1. The molecular formula is C14H28N2O. The molecule has 0 aromatic carbocycles. The van der Waals surface area contributed by atoms with Crippen molar-refractivity contribution in [2.24, 2.45) is 11.8 Å². The third-order valence-electron chi connectivity index (χ3n) is 3.54. The first kappa shape index (κ1) is 14.5. The summed E-state index contributed by atoms with van der Waals surface area (Å²) in [5, 5.41) is 3.10. The fourth-order valence-corrected chi connectivity index (χ4v) is 2.70. The lowest BCUT2D eigenvalue weighted by molar-refractivity contribution is -0.137. The topological polar surface area (TPSA) is 32.3 Å². The molecule has 1 rings (SSSR count). The van der Waals surface area contributed by atoms with Gasteiger partial charge in [0.1, 0.15) is 0 Å². The van der Waals surface area contributed by atoms with Crippen LogP contribution in [0.5, 0.6) is 0 Å². The Morgan fingerprint density at radius 1 is 1.29 bits per heavy atom. The molecule has 100 valence electrons. The molecule has 1 aliphatic rings. The molecule has 1 unspecified atom stereocenters. The van der Waals surface area contributed by atoms with Crippen molar-refractivity contribution in [3.8, 4) is 0 Å². The molecule has 3 heteroatoms. The van der Waals surface area contributed by atoms with Gasteiger partial charge >= 0.3 is 0 Å². The molecule has 0 aliphatic heterocycles. The predicted octanol–water partition coefficient (Wildman–Crippen LogP) is 2.27. The van der Waals surface area contributed by atoms with Gasteiger partial charge in [0.2, 0.25) is 5.91 Å². The zero-order valence-electron chi connectivity index (χ0n) is 11.8. The molecule has 1 saturated carbocycles. The Bertz CT molecular complexity index is 234. The van der Waals surface area contributed by atoms with Crippen LogP contribution in [0.3, 0.4) is 0 Å². The highest BCUT2D eigenvalue weighted by Gasteiger charge is 2.29. The highest BCUT2D eigenvalue weighted by molar-refractivity contribution is 5.79. The van der Waals surface area contributed by atoms with E-state index in [4.69, 9.17) is 0 Å². The van der Waals surface area contributed by atoms with Crippen LogP contribution in [0.25, 0.3) is 0 Å². The second kappa shape index (κ2) is 7.00. The van der Waals surface area contributed by atoms with Gasteiger partial charge in [-0.3, -0.25) is 4.79 Å². The maximum atomic E-state index is 12.4. The van der Waals surface area contributed by atoms with Crippen molar-refractivity contribution in [2.75, 3.05) is 20.1 Å². The molecule has 1 atom stereocenters. The summed E-state index contributed by atoms with van der Waals surface area (Å²) in [4.78, 5) is 14.6. The lowest BCUT2D eigenvalue weighted by atomic mass is 10.1. The fraction of sp³-hybridized carbons (Fsp3) is 0.929. The quantitative estimate of drug-likeness (QED) is 0.772. The molecule has 1 aliphatic carbocycles. The van der Waals surface area contributed by atoms with Gasteiger partial charge in [-0.1, -0.05) is 33.6 Å². The van der Waals surface area contributed by atoms with Gasteiger partial charge in [-0.05, 0) is 25.8 Å². The number of rotatable bonds is 6. The van der Waals surface area contributed by atoms with Crippen molar-refractivity contribution in [3.63, 3.8) is 0 Å². The van der Waals surface area contributed by atoms with Gasteiger partial charge in [-0.15, -0.1) is 0 Å². The van der Waals surface area contributed by atoms with Gasteiger partial charge in [0.15, 0.2) is 0 Å². The lowest BCUT2D eigenvalue weighted by Gasteiger charge is -2.33. The zero-order chi connectivity index (χ0) is 12.8. The van der Waals surface area contributed by atoms with Crippen LogP contribution in [0, 0.1) is 11.8 Å². The van der Waals surface area contributed by atoms with Gasteiger partial charge in [-0.25, -0.2) is 0 Å². The van der Waals surface area contributed by atoms with Crippen molar-refractivity contribution in [3.05, 3.63) is 0 Å². The molecule has 1 fully saturated rings. The van der Waals surface area contributed by atoms with E-state index < -0.39 is 0 Å². The number of carbonyl (C=O) groups excluding carboxylic acids is 1. The first-order valence-electron chi connectivity index (χ1n) is 7.01. The highest BCUT2D eigenvalue weighted by atomic mass is 16.2. The van der Waals surface area contributed by atoms with E-state index in [0.29, 0.717) is 17.9 Å². The van der Waals surface area contributed by atoms with Crippen LogP contribution < -0.4 is 5.32 Å². The number of nitrogens with zero attached hydrogens (tertiary/aromatic N) is 1. The Hall–Kier alpha value is -0.570. The Morgan fingerprint density at radius 3 is 2.35 bits per heavy atom. The Kier molecular flexibility index (Phi) is 5.96. The summed E-state index contributed by atoms with van der Waals surface area (Å²) in [5.74, 6) is 0.987. The Labute approximate surface area is 106 Å². The number of carbonyl (C=O) groups is 1. The predicted molar refractivity (Wildman–Crippen MR) is 71.9 cm³/mol. The summed E-state index contributed by atoms with van der Waals surface area (Å²) >= 11 is 0. The summed E-state index contributed by atoms with van der Waals surface area (Å²) in [6.45, 7) is 8.11. The van der Waals surface area contributed by atoms with Crippen molar-refractivity contribution < 1.29 is 4.79 Å². The van der Waals surface area contributed by atoms with Gasteiger partial charge in [0.25, 0.3) is 0 Å². The van der Waals surface area contributed by atoms with E-state index in [1.807, 2.05) is 14.0 Å². The van der Waals surface area contributed by atoms with E-state index in [9.17, 15) is 4.79 Å². The minimum absolute atomic E-state index is 0.0966. The highest BCUT2D eigenvalue weighted by Crippen LogP contribution is 2.25. The average molecular weight is 240 g/mol. The molecule has 0 spiro atoms. The maximum absolute atomic E-state index is 12.4. The monoisotopic (exact) mass is 240 g/mol. The number of amides is 1. The van der Waals surface area contributed by atoms with Crippen molar-refractivity contribution in [1.82, 2.24) is 10.2 Å². The first-order valence-corrected chi connectivity index (χ1v) is 7.01. The van der Waals surface area contributed by atoms with Crippen molar-refractivity contribution >= 4 is 5.91 Å². The third kappa shape index (κ3) is 4.30. The molecule has 0 bridgehead atoms. The van der Waals surface area contributed by atoms with Crippen LogP contribution in [-0.2, 0) is 4.79 Å². The molecule has 0 aromatic heterocycles. The van der Waals surface area contributed by atoms with E-state index in [1.165, 1.54) is 25.7 Å². The van der Waals surface area contributed by atoms with Crippen molar-refractivity contribution in [1.29, 1.82) is 0 Å². The summed E-state index contributed by atoms with van der Waals surface area (Å²) in [7, 11) is 1.91. The molecular weight excluding hydrogens is 212 g/mol. The SMILES string of the molecule is CNCC(C)C(=O)N(CC(C)C)C1CCCC1. The number of hydrogen-bond donors (Lipinski definition) is 1. The minimum atomic E-state index is 0.0966. The van der Waals surface area contributed by atoms with E-state index in [-0.39, 0.29) is 5.92 Å². The van der Waals surface area contributed by atoms with Crippen LogP contribution in [0.1, 0.15) is 46.5 Å². The normalized spacial score (nSPS) is 18.6. The summed E-state index contributed by atoms with van der Waals surface area (Å²) in [6.07, 6.45) is 4.97. The number of hydrogen-bond acceptors (Lipinski definition) is 2. The van der Waals surface area contributed by atoms with E-state index in [2.05, 4.69) is 24.1 Å². The summed E-state index contributed by atoms with van der Waals surface area (Å²) in [6, 6.07) is 0.504. The second-order valence-corrected chi connectivity index (χ2v) is 5.78. The largest absolute Gasteiger partial charge is 0.339 e. The molecule has 0 heterocycles. The lowest BCUT2D eigenvalue weighted by Crippen LogP contribution is -2.45. The molecule has 0 radical (unpaired) electrons. The summed E-state index contributed by atoms with van der Waals surface area (Å²) < 4.78 is 0.